The highest BCUT2D eigenvalue weighted by Gasteiger charge is 2.17. The SMILES string of the molecule is O=C1CCC(NCc2cccc(C(F)F)c2)CN1. The molecule has 1 atom stereocenters. The number of benzene rings is 1. The van der Waals surface area contributed by atoms with Gasteiger partial charge in [-0.1, -0.05) is 18.2 Å². The first-order valence-electron chi connectivity index (χ1n) is 6.02. The van der Waals surface area contributed by atoms with Crippen molar-refractivity contribution in [1.29, 1.82) is 0 Å². The summed E-state index contributed by atoms with van der Waals surface area (Å²) in [6.07, 6.45) is -1.12. The maximum Gasteiger partial charge on any atom is 0.263 e. The summed E-state index contributed by atoms with van der Waals surface area (Å²) in [6, 6.07) is 6.62. The van der Waals surface area contributed by atoms with Crippen LogP contribution in [0.25, 0.3) is 0 Å². The van der Waals surface area contributed by atoms with E-state index in [1.54, 1.807) is 6.07 Å². The van der Waals surface area contributed by atoms with E-state index in [9.17, 15) is 13.6 Å². The van der Waals surface area contributed by atoms with E-state index in [2.05, 4.69) is 10.6 Å². The first kappa shape index (κ1) is 13.0. The predicted octanol–water partition coefficient (Wildman–Crippen LogP) is 1.99. The van der Waals surface area contributed by atoms with Gasteiger partial charge in [0.1, 0.15) is 0 Å². The molecule has 2 N–H and O–H groups in total. The third kappa shape index (κ3) is 3.50. The van der Waals surface area contributed by atoms with Crippen LogP contribution in [0.4, 0.5) is 8.78 Å². The Balaban J connectivity index is 1.86. The third-order valence-corrected chi connectivity index (χ3v) is 3.06. The van der Waals surface area contributed by atoms with Crippen molar-refractivity contribution in [3.63, 3.8) is 0 Å². The number of carbonyl (C=O) groups is 1. The molecule has 1 fully saturated rings. The Bertz CT molecular complexity index is 413. The number of hydrogen-bond donors (Lipinski definition) is 2. The van der Waals surface area contributed by atoms with Crippen molar-refractivity contribution >= 4 is 5.91 Å². The molecule has 0 aromatic heterocycles. The van der Waals surface area contributed by atoms with Gasteiger partial charge in [0.2, 0.25) is 5.91 Å². The van der Waals surface area contributed by atoms with Crippen LogP contribution in [0.15, 0.2) is 24.3 Å². The van der Waals surface area contributed by atoms with Crippen molar-refractivity contribution in [3.05, 3.63) is 35.4 Å². The average Bonchev–Trinajstić information content (AvgIpc) is 2.38. The minimum Gasteiger partial charge on any atom is -0.355 e. The van der Waals surface area contributed by atoms with Crippen molar-refractivity contribution in [2.75, 3.05) is 6.54 Å². The summed E-state index contributed by atoms with van der Waals surface area (Å²) in [7, 11) is 0. The van der Waals surface area contributed by atoms with Gasteiger partial charge in [-0.25, -0.2) is 8.78 Å². The van der Waals surface area contributed by atoms with Crippen LogP contribution in [0.5, 0.6) is 0 Å². The van der Waals surface area contributed by atoms with Gasteiger partial charge < -0.3 is 10.6 Å². The summed E-state index contributed by atoms with van der Waals surface area (Å²) in [5.74, 6) is 0.0766. The van der Waals surface area contributed by atoms with Gasteiger partial charge in [0.25, 0.3) is 6.43 Å². The van der Waals surface area contributed by atoms with Gasteiger partial charge in [0.05, 0.1) is 0 Å². The van der Waals surface area contributed by atoms with Gasteiger partial charge in [0.15, 0.2) is 0 Å². The molecule has 3 nitrogen and oxygen atoms in total. The maximum absolute atomic E-state index is 12.5. The second-order valence-corrected chi connectivity index (χ2v) is 4.47. The van der Waals surface area contributed by atoms with E-state index in [1.807, 2.05) is 6.07 Å². The Labute approximate surface area is 105 Å². The fourth-order valence-electron chi connectivity index (χ4n) is 2.01. The first-order valence-corrected chi connectivity index (χ1v) is 6.02. The van der Waals surface area contributed by atoms with E-state index in [-0.39, 0.29) is 17.5 Å². The summed E-state index contributed by atoms with van der Waals surface area (Å²) in [5.41, 5.74) is 0.885. The molecule has 1 aromatic rings. The summed E-state index contributed by atoms with van der Waals surface area (Å²) >= 11 is 0. The lowest BCUT2D eigenvalue weighted by Crippen LogP contribution is -2.45. The number of piperidine rings is 1. The molecule has 1 saturated heterocycles. The fraction of sp³-hybridized carbons (Fsp3) is 0.462. The summed E-state index contributed by atoms with van der Waals surface area (Å²) in [6.45, 7) is 1.15. The zero-order valence-corrected chi connectivity index (χ0v) is 9.96. The number of rotatable bonds is 4. The van der Waals surface area contributed by atoms with Gasteiger partial charge >= 0.3 is 0 Å². The molecule has 0 saturated carbocycles. The van der Waals surface area contributed by atoms with Crippen molar-refractivity contribution in [2.24, 2.45) is 0 Å². The molecule has 98 valence electrons. The highest BCUT2D eigenvalue weighted by Crippen LogP contribution is 2.19. The molecular weight excluding hydrogens is 238 g/mol. The number of amides is 1. The number of nitrogens with one attached hydrogen (secondary N) is 2. The molecule has 0 aliphatic carbocycles. The Kier molecular flexibility index (Phi) is 4.25. The molecule has 0 spiro atoms. The predicted molar refractivity (Wildman–Crippen MR) is 64.3 cm³/mol. The minimum atomic E-state index is -2.43. The number of halogens is 2. The summed E-state index contributed by atoms with van der Waals surface area (Å²) < 4.78 is 25.0. The molecule has 18 heavy (non-hydrogen) atoms. The van der Waals surface area contributed by atoms with Crippen LogP contribution in [0.1, 0.15) is 30.4 Å². The molecule has 2 rings (SSSR count). The molecular formula is C13H16F2N2O. The molecule has 1 amide bonds. The zero-order valence-electron chi connectivity index (χ0n) is 9.96. The van der Waals surface area contributed by atoms with E-state index < -0.39 is 6.43 Å². The van der Waals surface area contributed by atoms with E-state index in [4.69, 9.17) is 0 Å². The normalized spacial score (nSPS) is 19.9. The lowest BCUT2D eigenvalue weighted by Gasteiger charge is -2.23. The molecule has 1 aliphatic heterocycles. The van der Waals surface area contributed by atoms with Crippen molar-refractivity contribution in [1.82, 2.24) is 10.6 Å². The summed E-state index contributed by atoms with van der Waals surface area (Å²) in [5, 5.41) is 6.04. The second-order valence-electron chi connectivity index (χ2n) is 4.47. The Morgan fingerprint density at radius 3 is 2.94 bits per heavy atom. The van der Waals surface area contributed by atoms with Crippen LogP contribution >= 0.6 is 0 Å². The molecule has 5 heteroatoms. The third-order valence-electron chi connectivity index (χ3n) is 3.06. The van der Waals surface area contributed by atoms with Crippen LogP contribution in [0.3, 0.4) is 0 Å². The average molecular weight is 254 g/mol. The van der Waals surface area contributed by atoms with Crippen LogP contribution < -0.4 is 10.6 Å². The first-order chi connectivity index (χ1) is 8.65. The Morgan fingerprint density at radius 1 is 1.44 bits per heavy atom. The lowest BCUT2D eigenvalue weighted by atomic mass is 10.1. The molecule has 1 heterocycles. The van der Waals surface area contributed by atoms with Gasteiger partial charge in [0, 0.05) is 31.1 Å². The summed E-state index contributed by atoms with van der Waals surface area (Å²) in [4.78, 5) is 11.0. The molecule has 1 aliphatic rings. The van der Waals surface area contributed by atoms with Crippen LogP contribution in [0.2, 0.25) is 0 Å². The fourth-order valence-corrected chi connectivity index (χ4v) is 2.01. The standard InChI is InChI=1S/C13H16F2N2O/c14-13(15)10-3-1-2-9(6-10)7-16-11-4-5-12(18)17-8-11/h1-3,6,11,13,16H,4-5,7-8H2,(H,17,18). The molecule has 0 bridgehead atoms. The van der Waals surface area contributed by atoms with E-state index in [0.29, 0.717) is 19.5 Å². The highest BCUT2D eigenvalue weighted by atomic mass is 19.3. The quantitative estimate of drug-likeness (QED) is 0.862. The topological polar surface area (TPSA) is 41.1 Å². The van der Waals surface area contributed by atoms with Crippen LogP contribution in [-0.2, 0) is 11.3 Å². The molecule has 1 unspecified atom stereocenters. The smallest absolute Gasteiger partial charge is 0.263 e. The van der Waals surface area contributed by atoms with Crippen LogP contribution in [-0.4, -0.2) is 18.5 Å². The van der Waals surface area contributed by atoms with E-state index >= 15 is 0 Å². The number of carbonyl (C=O) groups excluding carboxylic acids is 1. The van der Waals surface area contributed by atoms with Crippen molar-refractivity contribution in [2.45, 2.75) is 31.9 Å². The van der Waals surface area contributed by atoms with E-state index in [1.165, 1.54) is 12.1 Å². The van der Waals surface area contributed by atoms with Gasteiger partial charge in [-0.05, 0) is 18.1 Å². The monoisotopic (exact) mass is 254 g/mol. The number of hydrogen-bond acceptors (Lipinski definition) is 2. The van der Waals surface area contributed by atoms with E-state index in [0.717, 1.165) is 12.0 Å². The molecule has 1 aromatic carbocycles. The van der Waals surface area contributed by atoms with Gasteiger partial charge in [-0.3, -0.25) is 4.79 Å². The largest absolute Gasteiger partial charge is 0.355 e. The Morgan fingerprint density at radius 2 is 2.28 bits per heavy atom. The van der Waals surface area contributed by atoms with Crippen LogP contribution in [0, 0.1) is 0 Å². The van der Waals surface area contributed by atoms with Gasteiger partial charge in [-0.15, -0.1) is 0 Å². The zero-order chi connectivity index (χ0) is 13.0. The number of alkyl halides is 2. The van der Waals surface area contributed by atoms with Crippen molar-refractivity contribution in [3.8, 4) is 0 Å². The highest BCUT2D eigenvalue weighted by molar-refractivity contribution is 5.76. The second kappa shape index (κ2) is 5.91. The Hall–Kier alpha value is -1.49. The molecule has 0 radical (unpaired) electrons. The lowest BCUT2D eigenvalue weighted by molar-refractivity contribution is -0.122. The van der Waals surface area contributed by atoms with Gasteiger partial charge in [-0.2, -0.15) is 0 Å². The minimum absolute atomic E-state index is 0.0475. The van der Waals surface area contributed by atoms with Crippen molar-refractivity contribution < 1.29 is 13.6 Å². The maximum atomic E-state index is 12.5.